The van der Waals surface area contributed by atoms with Gasteiger partial charge in [0.15, 0.2) is 0 Å². The van der Waals surface area contributed by atoms with E-state index in [0.717, 1.165) is 11.1 Å². The van der Waals surface area contributed by atoms with Crippen LogP contribution >= 0.6 is 11.6 Å². The summed E-state index contributed by atoms with van der Waals surface area (Å²) in [5.74, 6) is -0.115. The van der Waals surface area contributed by atoms with Crippen LogP contribution in [0.15, 0.2) is 12.1 Å². The minimum atomic E-state index is -3.16. The topological polar surface area (TPSA) is 57.7 Å². The molecule has 2 rings (SSSR count). The number of benzene rings is 1. The molecule has 1 aromatic carbocycles. The molecule has 0 bridgehead atoms. The first-order chi connectivity index (χ1) is 10.6. The number of carbonyl (C=O) groups is 1. The van der Waals surface area contributed by atoms with Crippen molar-refractivity contribution in [3.05, 3.63) is 33.8 Å². The van der Waals surface area contributed by atoms with Gasteiger partial charge in [0.05, 0.1) is 16.8 Å². The first-order valence-electron chi connectivity index (χ1n) is 7.60. The van der Waals surface area contributed by atoms with Crippen molar-refractivity contribution in [2.45, 2.75) is 32.7 Å². The van der Waals surface area contributed by atoms with Gasteiger partial charge >= 0.3 is 0 Å². The van der Waals surface area contributed by atoms with Gasteiger partial charge < -0.3 is 4.90 Å². The molecule has 1 aliphatic rings. The lowest BCUT2D eigenvalue weighted by Crippen LogP contribution is -2.47. The predicted molar refractivity (Wildman–Crippen MR) is 92.5 cm³/mol. The van der Waals surface area contributed by atoms with E-state index in [2.05, 4.69) is 0 Å². The van der Waals surface area contributed by atoms with Gasteiger partial charge in [0, 0.05) is 26.2 Å². The third kappa shape index (κ3) is 4.05. The van der Waals surface area contributed by atoms with Crippen LogP contribution < -0.4 is 0 Å². The molecule has 0 N–H and O–H groups in total. The smallest absolute Gasteiger partial charge is 0.255 e. The molecule has 23 heavy (non-hydrogen) atoms. The van der Waals surface area contributed by atoms with Gasteiger partial charge in [-0.25, -0.2) is 12.7 Å². The highest BCUT2D eigenvalue weighted by molar-refractivity contribution is 7.88. The van der Waals surface area contributed by atoms with Crippen LogP contribution in [0, 0.1) is 13.8 Å². The van der Waals surface area contributed by atoms with Gasteiger partial charge in [-0.15, -0.1) is 0 Å². The van der Waals surface area contributed by atoms with E-state index < -0.39 is 10.0 Å². The summed E-state index contributed by atoms with van der Waals surface area (Å²) in [7, 11) is -1.40. The zero-order valence-electron chi connectivity index (χ0n) is 14.0. The molecule has 1 aromatic rings. The van der Waals surface area contributed by atoms with E-state index in [1.807, 2.05) is 26.0 Å². The summed E-state index contributed by atoms with van der Waals surface area (Å²) in [5.41, 5.74) is 2.58. The van der Waals surface area contributed by atoms with Crippen molar-refractivity contribution in [3.63, 3.8) is 0 Å². The van der Waals surface area contributed by atoms with Crippen molar-refractivity contribution in [1.82, 2.24) is 9.21 Å². The molecular weight excluding hydrogens is 336 g/mol. The normalized spacial score (nSPS) is 17.3. The molecule has 1 amide bonds. The largest absolute Gasteiger partial charge is 0.339 e. The molecule has 0 aliphatic carbocycles. The average Bonchev–Trinajstić information content (AvgIpc) is 2.49. The number of hydrogen-bond acceptors (Lipinski definition) is 3. The molecule has 0 aromatic heterocycles. The Labute approximate surface area is 143 Å². The third-order valence-electron chi connectivity index (χ3n) is 4.57. The van der Waals surface area contributed by atoms with Crippen molar-refractivity contribution in [1.29, 1.82) is 0 Å². The molecule has 0 unspecified atom stereocenters. The number of sulfonamides is 1. The van der Waals surface area contributed by atoms with Crippen LogP contribution in [0.25, 0.3) is 0 Å². The van der Waals surface area contributed by atoms with Crippen LogP contribution in [0.3, 0.4) is 0 Å². The monoisotopic (exact) mass is 358 g/mol. The van der Waals surface area contributed by atoms with Gasteiger partial charge in [0.2, 0.25) is 10.0 Å². The fourth-order valence-corrected chi connectivity index (χ4v) is 4.03. The Morgan fingerprint density at radius 2 is 1.74 bits per heavy atom. The van der Waals surface area contributed by atoms with Crippen LogP contribution in [0.1, 0.15) is 34.3 Å². The van der Waals surface area contributed by atoms with E-state index in [1.54, 1.807) is 11.9 Å². The van der Waals surface area contributed by atoms with Crippen molar-refractivity contribution in [3.8, 4) is 0 Å². The van der Waals surface area contributed by atoms with Gasteiger partial charge in [-0.05, 0) is 49.9 Å². The standard InChI is InChI=1S/C16H23ClN2O3S/c1-11-9-14(15(17)10-12(11)2)16(20)18(3)13-5-7-19(8-6-13)23(4,21)22/h9-10,13H,5-8H2,1-4H3. The van der Waals surface area contributed by atoms with Crippen molar-refractivity contribution < 1.29 is 13.2 Å². The number of halogens is 1. The van der Waals surface area contributed by atoms with E-state index in [9.17, 15) is 13.2 Å². The number of nitrogens with zero attached hydrogens (tertiary/aromatic N) is 2. The van der Waals surface area contributed by atoms with E-state index in [0.29, 0.717) is 36.5 Å². The van der Waals surface area contributed by atoms with E-state index >= 15 is 0 Å². The molecule has 7 heteroatoms. The first kappa shape index (κ1) is 18.2. The fraction of sp³-hybridized carbons (Fsp3) is 0.562. The minimum absolute atomic E-state index is 0.0261. The number of piperidine rings is 1. The molecule has 1 aliphatic heterocycles. The maximum atomic E-state index is 12.7. The summed E-state index contributed by atoms with van der Waals surface area (Å²) < 4.78 is 24.6. The SMILES string of the molecule is Cc1cc(Cl)c(C(=O)N(C)C2CCN(S(C)(=O)=O)CC2)cc1C. The van der Waals surface area contributed by atoms with Crippen LogP contribution in [-0.4, -0.2) is 56.0 Å². The molecule has 1 saturated heterocycles. The third-order valence-corrected chi connectivity index (χ3v) is 6.19. The highest BCUT2D eigenvalue weighted by atomic mass is 35.5. The van der Waals surface area contributed by atoms with Gasteiger partial charge in [-0.1, -0.05) is 11.6 Å². The summed E-state index contributed by atoms with van der Waals surface area (Å²) in [6, 6.07) is 3.66. The fourth-order valence-electron chi connectivity index (χ4n) is 2.86. The maximum Gasteiger partial charge on any atom is 0.255 e. The quantitative estimate of drug-likeness (QED) is 0.833. The lowest BCUT2D eigenvalue weighted by molar-refractivity contribution is 0.0682. The van der Waals surface area contributed by atoms with Crippen LogP contribution in [0.5, 0.6) is 0 Å². The molecular formula is C16H23ClN2O3S. The number of aryl methyl sites for hydroxylation is 2. The molecule has 0 radical (unpaired) electrons. The maximum absolute atomic E-state index is 12.7. The molecule has 1 fully saturated rings. The van der Waals surface area contributed by atoms with Gasteiger partial charge in [0.25, 0.3) is 5.91 Å². The molecule has 1 heterocycles. The Morgan fingerprint density at radius 1 is 1.22 bits per heavy atom. The van der Waals surface area contributed by atoms with Crippen molar-refractivity contribution in [2.75, 3.05) is 26.4 Å². The lowest BCUT2D eigenvalue weighted by atomic mass is 10.0. The average molecular weight is 359 g/mol. The highest BCUT2D eigenvalue weighted by Gasteiger charge is 2.30. The summed E-state index contributed by atoms with van der Waals surface area (Å²) in [6.07, 6.45) is 2.49. The molecule has 128 valence electrons. The molecule has 5 nitrogen and oxygen atoms in total. The van der Waals surface area contributed by atoms with E-state index in [-0.39, 0.29) is 11.9 Å². The summed E-state index contributed by atoms with van der Waals surface area (Å²) in [4.78, 5) is 14.4. The van der Waals surface area contributed by atoms with E-state index in [1.165, 1.54) is 10.6 Å². The van der Waals surface area contributed by atoms with Gasteiger partial charge in [0.1, 0.15) is 0 Å². The Balaban J connectivity index is 2.11. The zero-order chi connectivity index (χ0) is 17.4. The molecule has 0 atom stereocenters. The van der Waals surface area contributed by atoms with Crippen LogP contribution in [-0.2, 0) is 10.0 Å². The lowest BCUT2D eigenvalue weighted by Gasteiger charge is -2.35. The number of carbonyl (C=O) groups excluding carboxylic acids is 1. The zero-order valence-corrected chi connectivity index (χ0v) is 15.5. The predicted octanol–water partition coefficient (Wildman–Crippen LogP) is 2.45. The Morgan fingerprint density at radius 3 is 2.26 bits per heavy atom. The second-order valence-corrected chi connectivity index (χ2v) is 8.62. The number of hydrogen-bond donors (Lipinski definition) is 0. The Bertz CT molecular complexity index is 710. The van der Waals surface area contributed by atoms with E-state index in [4.69, 9.17) is 11.6 Å². The van der Waals surface area contributed by atoms with Gasteiger partial charge in [-0.2, -0.15) is 0 Å². The van der Waals surface area contributed by atoms with Gasteiger partial charge in [-0.3, -0.25) is 4.79 Å². The van der Waals surface area contributed by atoms with Crippen molar-refractivity contribution in [2.24, 2.45) is 0 Å². The van der Waals surface area contributed by atoms with Crippen LogP contribution in [0.4, 0.5) is 0 Å². The highest BCUT2D eigenvalue weighted by Crippen LogP contribution is 2.25. The molecule has 0 spiro atoms. The number of rotatable bonds is 3. The Hall–Kier alpha value is -1.11. The van der Waals surface area contributed by atoms with Crippen LogP contribution in [0.2, 0.25) is 5.02 Å². The Kier molecular flexibility index (Phi) is 5.38. The first-order valence-corrected chi connectivity index (χ1v) is 9.83. The number of amides is 1. The summed E-state index contributed by atoms with van der Waals surface area (Å²) >= 11 is 6.23. The second-order valence-electron chi connectivity index (χ2n) is 6.23. The second kappa shape index (κ2) is 6.79. The summed E-state index contributed by atoms with van der Waals surface area (Å²) in [5, 5.41) is 0.457. The molecule has 0 saturated carbocycles. The summed E-state index contributed by atoms with van der Waals surface area (Å²) in [6.45, 7) is 4.80. The van der Waals surface area contributed by atoms with Crippen molar-refractivity contribution >= 4 is 27.5 Å². The minimum Gasteiger partial charge on any atom is -0.339 e.